The first-order chi connectivity index (χ1) is 16.6. The Kier molecular flexibility index (Phi) is 5.29. The number of aliphatic hydroxyl groups is 1. The van der Waals surface area contributed by atoms with Crippen molar-refractivity contribution in [2.45, 2.75) is 5.60 Å². The first kappa shape index (κ1) is 21.5. The van der Waals surface area contributed by atoms with E-state index in [-0.39, 0.29) is 0 Å². The monoisotopic (exact) mass is 566 g/mol. The molecule has 1 aliphatic carbocycles. The molecular weight excluding hydrogens is 548 g/mol. The van der Waals surface area contributed by atoms with Crippen LogP contribution in [-0.2, 0) is 5.60 Å². The SMILES string of the molecule is OC1(c2ccccc2-c2ccccc2Br)c2ccccc2-c2ccccc2-c2ccc(Br)cc21. The lowest BCUT2D eigenvalue weighted by Gasteiger charge is -2.34. The summed E-state index contributed by atoms with van der Waals surface area (Å²) in [6, 6.07) is 39.2. The van der Waals surface area contributed by atoms with Crippen LogP contribution < -0.4 is 0 Å². The summed E-state index contributed by atoms with van der Waals surface area (Å²) in [6.45, 7) is 0. The van der Waals surface area contributed by atoms with Gasteiger partial charge in [0, 0.05) is 25.6 Å². The van der Waals surface area contributed by atoms with Crippen molar-refractivity contribution < 1.29 is 5.11 Å². The fourth-order valence-electron chi connectivity index (χ4n) is 5.19. The van der Waals surface area contributed by atoms with Gasteiger partial charge < -0.3 is 5.11 Å². The third kappa shape index (κ3) is 3.23. The molecule has 0 aliphatic heterocycles. The molecule has 3 heteroatoms. The number of hydrogen-bond donors (Lipinski definition) is 1. The van der Waals surface area contributed by atoms with Gasteiger partial charge in [0.15, 0.2) is 0 Å². The van der Waals surface area contributed by atoms with Crippen molar-refractivity contribution in [3.8, 4) is 33.4 Å². The van der Waals surface area contributed by atoms with E-state index >= 15 is 0 Å². The molecule has 1 unspecified atom stereocenters. The number of halogens is 2. The zero-order valence-corrected chi connectivity index (χ0v) is 21.3. The van der Waals surface area contributed by atoms with Crippen LogP contribution in [0.3, 0.4) is 0 Å². The molecule has 5 aromatic rings. The molecule has 1 N–H and O–H groups in total. The first-order valence-corrected chi connectivity index (χ1v) is 12.7. The summed E-state index contributed by atoms with van der Waals surface area (Å²) in [5.74, 6) is 0. The van der Waals surface area contributed by atoms with E-state index in [0.717, 1.165) is 59.0 Å². The highest BCUT2D eigenvalue weighted by Crippen LogP contribution is 2.52. The van der Waals surface area contributed by atoms with Crippen molar-refractivity contribution in [3.05, 3.63) is 141 Å². The second kappa shape index (κ2) is 8.35. The maximum Gasteiger partial charge on any atom is 0.142 e. The number of rotatable bonds is 2. The normalized spacial score (nSPS) is 16.2. The highest BCUT2D eigenvalue weighted by Gasteiger charge is 2.42. The van der Waals surface area contributed by atoms with Gasteiger partial charge in [-0.2, -0.15) is 0 Å². The van der Waals surface area contributed by atoms with Crippen LogP contribution in [0.5, 0.6) is 0 Å². The lowest BCUT2D eigenvalue weighted by atomic mass is 9.75. The molecule has 164 valence electrons. The second-order valence-corrected chi connectivity index (χ2v) is 10.3. The molecule has 0 saturated carbocycles. The van der Waals surface area contributed by atoms with Crippen LogP contribution in [0.1, 0.15) is 16.7 Å². The molecule has 0 saturated heterocycles. The summed E-state index contributed by atoms with van der Waals surface area (Å²) in [7, 11) is 0. The first-order valence-electron chi connectivity index (χ1n) is 11.1. The van der Waals surface area contributed by atoms with Gasteiger partial charge in [0.1, 0.15) is 5.60 Å². The Morgan fingerprint density at radius 3 is 1.47 bits per heavy atom. The molecular formula is C31H20Br2O. The lowest BCUT2D eigenvalue weighted by Crippen LogP contribution is -2.30. The summed E-state index contributed by atoms with van der Waals surface area (Å²) in [4.78, 5) is 0. The minimum absolute atomic E-state index is 0.849. The summed E-state index contributed by atoms with van der Waals surface area (Å²) in [5, 5.41) is 13.0. The Morgan fingerprint density at radius 1 is 0.441 bits per heavy atom. The van der Waals surface area contributed by atoms with E-state index in [4.69, 9.17) is 0 Å². The standard InChI is InChI=1S/C31H20Br2O/c32-20-17-18-25-22-10-2-1-9-21(22)23-11-3-6-14-27(23)31(34,29(25)19-20)28-15-7-4-12-24(28)26-13-5-8-16-30(26)33/h1-19,34H. The average Bonchev–Trinajstić information content (AvgIpc) is 2.97. The third-order valence-corrected chi connectivity index (χ3v) is 7.86. The summed E-state index contributed by atoms with van der Waals surface area (Å²) >= 11 is 7.41. The topological polar surface area (TPSA) is 20.2 Å². The molecule has 34 heavy (non-hydrogen) atoms. The molecule has 1 aliphatic rings. The Hall–Kier alpha value is -2.98. The maximum atomic E-state index is 13.0. The molecule has 0 radical (unpaired) electrons. The van der Waals surface area contributed by atoms with E-state index in [1.807, 2.05) is 54.6 Å². The van der Waals surface area contributed by atoms with Gasteiger partial charge in [-0.05, 0) is 51.6 Å². The van der Waals surface area contributed by atoms with E-state index in [0.29, 0.717) is 0 Å². The van der Waals surface area contributed by atoms with E-state index in [1.165, 1.54) is 0 Å². The quantitative estimate of drug-likeness (QED) is 0.226. The minimum atomic E-state index is -1.37. The third-order valence-electron chi connectivity index (χ3n) is 6.68. The fourth-order valence-corrected chi connectivity index (χ4v) is 6.04. The van der Waals surface area contributed by atoms with Gasteiger partial charge in [0.2, 0.25) is 0 Å². The van der Waals surface area contributed by atoms with E-state index in [2.05, 4.69) is 92.5 Å². The van der Waals surface area contributed by atoms with Gasteiger partial charge in [-0.3, -0.25) is 0 Å². The zero-order valence-electron chi connectivity index (χ0n) is 18.2. The van der Waals surface area contributed by atoms with Crippen LogP contribution >= 0.6 is 31.9 Å². The number of fused-ring (bicyclic) bond motifs is 5. The van der Waals surface area contributed by atoms with Crippen molar-refractivity contribution in [3.63, 3.8) is 0 Å². The van der Waals surface area contributed by atoms with Gasteiger partial charge in [0.25, 0.3) is 0 Å². The van der Waals surface area contributed by atoms with Crippen molar-refractivity contribution >= 4 is 31.9 Å². The van der Waals surface area contributed by atoms with Gasteiger partial charge in [0.05, 0.1) is 0 Å². The summed E-state index contributed by atoms with van der Waals surface area (Å²) in [5.41, 5.74) is 7.54. The lowest BCUT2D eigenvalue weighted by molar-refractivity contribution is 0.127. The van der Waals surface area contributed by atoms with Crippen molar-refractivity contribution in [2.75, 3.05) is 0 Å². The molecule has 0 aromatic heterocycles. The van der Waals surface area contributed by atoms with Crippen molar-refractivity contribution in [1.29, 1.82) is 0 Å². The van der Waals surface area contributed by atoms with Crippen LogP contribution in [0.25, 0.3) is 33.4 Å². The molecule has 0 bridgehead atoms. The van der Waals surface area contributed by atoms with Gasteiger partial charge in [-0.15, -0.1) is 0 Å². The Labute approximate surface area is 216 Å². The summed E-state index contributed by atoms with van der Waals surface area (Å²) < 4.78 is 1.92. The van der Waals surface area contributed by atoms with Gasteiger partial charge in [-0.1, -0.05) is 129 Å². The molecule has 0 heterocycles. The highest BCUT2D eigenvalue weighted by atomic mass is 79.9. The Balaban J connectivity index is 1.78. The maximum absolute atomic E-state index is 13.0. The predicted molar refractivity (Wildman–Crippen MR) is 147 cm³/mol. The average molecular weight is 568 g/mol. The molecule has 1 nitrogen and oxygen atoms in total. The smallest absolute Gasteiger partial charge is 0.142 e. The van der Waals surface area contributed by atoms with Crippen molar-refractivity contribution in [1.82, 2.24) is 0 Å². The summed E-state index contributed by atoms with van der Waals surface area (Å²) in [6.07, 6.45) is 0. The largest absolute Gasteiger partial charge is 0.376 e. The molecule has 0 fully saturated rings. The molecule has 1 atom stereocenters. The Bertz CT molecular complexity index is 1560. The van der Waals surface area contributed by atoms with Crippen LogP contribution in [0.15, 0.2) is 124 Å². The van der Waals surface area contributed by atoms with Crippen LogP contribution in [0, 0.1) is 0 Å². The Morgan fingerprint density at radius 2 is 0.882 bits per heavy atom. The number of hydrogen-bond acceptors (Lipinski definition) is 1. The molecule has 0 amide bonds. The van der Waals surface area contributed by atoms with Gasteiger partial charge in [-0.25, -0.2) is 0 Å². The molecule has 0 spiro atoms. The van der Waals surface area contributed by atoms with E-state index in [9.17, 15) is 5.11 Å². The predicted octanol–water partition coefficient (Wildman–Crippen LogP) is 8.81. The molecule has 6 rings (SSSR count). The van der Waals surface area contributed by atoms with E-state index in [1.54, 1.807) is 0 Å². The van der Waals surface area contributed by atoms with Crippen LogP contribution in [-0.4, -0.2) is 5.11 Å². The molecule has 5 aromatic carbocycles. The zero-order chi connectivity index (χ0) is 23.3. The highest BCUT2D eigenvalue weighted by molar-refractivity contribution is 9.10. The van der Waals surface area contributed by atoms with E-state index < -0.39 is 5.60 Å². The fraction of sp³-hybridized carbons (Fsp3) is 0.0323. The second-order valence-electron chi connectivity index (χ2n) is 8.52. The van der Waals surface area contributed by atoms with Crippen LogP contribution in [0.4, 0.5) is 0 Å². The number of benzene rings is 5. The van der Waals surface area contributed by atoms with Crippen LogP contribution in [0.2, 0.25) is 0 Å². The minimum Gasteiger partial charge on any atom is -0.376 e. The van der Waals surface area contributed by atoms with Crippen molar-refractivity contribution in [2.24, 2.45) is 0 Å². The van der Waals surface area contributed by atoms with Gasteiger partial charge >= 0.3 is 0 Å².